The van der Waals surface area contributed by atoms with Crippen molar-refractivity contribution in [1.82, 2.24) is 0 Å². The summed E-state index contributed by atoms with van der Waals surface area (Å²) in [5.74, 6) is 0. The number of fused-ring (bicyclic) bond motifs is 1. The summed E-state index contributed by atoms with van der Waals surface area (Å²) in [5.41, 5.74) is -3.88. The number of thioether (sulfide) groups is 1. The molecule has 0 aromatic heterocycles. The highest BCUT2D eigenvalue weighted by molar-refractivity contribution is 8.00. The molecule has 1 nitrogen and oxygen atoms in total. The highest BCUT2D eigenvalue weighted by atomic mass is 32.2. The molecular formula is C35H34F6OSSi. The Bertz CT molecular complexity index is 1540. The van der Waals surface area contributed by atoms with Crippen LogP contribution >= 0.6 is 11.8 Å². The molecule has 0 saturated carbocycles. The summed E-state index contributed by atoms with van der Waals surface area (Å²) in [7, 11) is -3.67. The van der Waals surface area contributed by atoms with Gasteiger partial charge in [-0.05, 0) is 40.4 Å². The quantitative estimate of drug-likeness (QED) is 0.153. The van der Waals surface area contributed by atoms with Crippen molar-refractivity contribution < 1.29 is 30.8 Å². The Morgan fingerprint density at radius 3 is 1.52 bits per heavy atom. The van der Waals surface area contributed by atoms with Crippen molar-refractivity contribution in [3.8, 4) is 0 Å². The van der Waals surface area contributed by atoms with Crippen molar-refractivity contribution in [2.24, 2.45) is 0 Å². The van der Waals surface area contributed by atoms with E-state index in [1.165, 1.54) is 19.2 Å². The van der Waals surface area contributed by atoms with Crippen molar-refractivity contribution in [3.05, 3.63) is 137 Å². The summed E-state index contributed by atoms with van der Waals surface area (Å²) in [6.07, 6.45) is -11.6. The van der Waals surface area contributed by atoms with Gasteiger partial charge in [0, 0.05) is 10.5 Å². The lowest BCUT2D eigenvalue weighted by Gasteiger charge is -2.47. The minimum Gasteiger partial charge on any atom is -0.393 e. The second-order valence-electron chi connectivity index (χ2n) is 12.7. The summed E-state index contributed by atoms with van der Waals surface area (Å²) in [5, 5.41) is -1.51. The number of hydrogen-bond acceptors (Lipinski definition) is 2. The van der Waals surface area contributed by atoms with Crippen LogP contribution in [0.3, 0.4) is 0 Å². The SMILES string of the molecule is CC(C)(C)[Si](C)(C)OC(c1cccc2c1SC(c1ccccc1)C2(c1ccccc1)c1ccccc1)(C(F)(F)F)C(F)(F)F. The van der Waals surface area contributed by atoms with Gasteiger partial charge in [0.15, 0.2) is 8.32 Å². The first-order chi connectivity index (χ1) is 20.5. The van der Waals surface area contributed by atoms with Crippen LogP contribution in [-0.2, 0) is 15.4 Å². The zero-order valence-corrected chi connectivity index (χ0v) is 26.9. The first-order valence-electron chi connectivity index (χ1n) is 14.3. The second-order valence-corrected chi connectivity index (χ2v) is 18.5. The van der Waals surface area contributed by atoms with E-state index >= 15 is 26.3 Å². The van der Waals surface area contributed by atoms with E-state index in [0.717, 1.165) is 34.5 Å². The fourth-order valence-corrected chi connectivity index (χ4v) is 9.11. The third-order valence-electron chi connectivity index (χ3n) is 9.02. The lowest BCUT2D eigenvalue weighted by Crippen LogP contribution is -2.62. The zero-order valence-electron chi connectivity index (χ0n) is 25.1. The molecule has 0 aliphatic carbocycles. The molecule has 0 spiro atoms. The van der Waals surface area contributed by atoms with Crippen LogP contribution in [0.4, 0.5) is 26.3 Å². The maximum atomic E-state index is 15.4. The number of halogens is 6. The maximum absolute atomic E-state index is 15.4. The van der Waals surface area contributed by atoms with Crippen LogP contribution in [-0.4, -0.2) is 20.7 Å². The highest BCUT2D eigenvalue weighted by Gasteiger charge is 2.76. The van der Waals surface area contributed by atoms with Crippen LogP contribution in [0.15, 0.2) is 114 Å². The van der Waals surface area contributed by atoms with E-state index < -0.39 is 47.5 Å². The van der Waals surface area contributed by atoms with Gasteiger partial charge in [-0.25, -0.2) is 0 Å². The molecule has 9 heteroatoms. The van der Waals surface area contributed by atoms with E-state index in [9.17, 15) is 0 Å². The van der Waals surface area contributed by atoms with E-state index in [-0.39, 0.29) is 4.90 Å². The Morgan fingerprint density at radius 1 is 0.636 bits per heavy atom. The van der Waals surface area contributed by atoms with E-state index in [1.54, 1.807) is 26.8 Å². The molecule has 4 aromatic carbocycles. The van der Waals surface area contributed by atoms with Crippen molar-refractivity contribution in [2.75, 3.05) is 0 Å². The standard InChI is InChI=1S/C35H34F6OSSi/c1-31(2,3)44(4,5)42-33(34(36,37)38,35(39,40)41)28-23-15-22-27-29(28)43-30(24-16-9-6-10-17-24)32(27,25-18-11-7-12-19-25)26-20-13-8-14-21-26/h6-23,30H,1-5H3. The van der Waals surface area contributed by atoms with Crippen LogP contribution in [0.25, 0.3) is 0 Å². The van der Waals surface area contributed by atoms with Crippen molar-refractivity contribution in [3.63, 3.8) is 0 Å². The van der Waals surface area contributed by atoms with E-state index in [0.29, 0.717) is 5.56 Å². The van der Waals surface area contributed by atoms with Crippen molar-refractivity contribution >= 4 is 20.1 Å². The smallest absolute Gasteiger partial charge is 0.393 e. The number of alkyl halides is 6. The fraction of sp³-hybridized carbons (Fsp3) is 0.314. The molecule has 0 N–H and O–H groups in total. The van der Waals surface area contributed by atoms with Gasteiger partial charge >= 0.3 is 12.4 Å². The predicted molar refractivity (Wildman–Crippen MR) is 166 cm³/mol. The van der Waals surface area contributed by atoms with Gasteiger partial charge in [-0.3, -0.25) is 0 Å². The van der Waals surface area contributed by atoms with Gasteiger partial charge in [0.2, 0.25) is 0 Å². The molecule has 0 saturated heterocycles. The summed E-state index contributed by atoms with van der Waals surface area (Å²) >= 11 is 1.04. The summed E-state index contributed by atoms with van der Waals surface area (Å²) < 4.78 is 97.8. The average Bonchev–Trinajstić information content (AvgIpc) is 3.32. The Labute approximate surface area is 259 Å². The Morgan fingerprint density at radius 2 is 1.09 bits per heavy atom. The monoisotopic (exact) mass is 644 g/mol. The minimum atomic E-state index is -5.80. The molecule has 4 aromatic rings. The first kappa shape index (κ1) is 32.4. The van der Waals surface area contributed by atoms with Gasteiger partial charge in [-0.2, -0.15) is 26.3 Å². The number of benzene rings is 4. The van der Waals surface area contributed by atoms with E-state index in [1.807, 2.05) is 91.0 Å². The molecule has 1 unspecified atom stereocenters. The molecule has 0 bridgehead atoms. The van der Waals surface area contributed by atoms with Crippen LogP contribution in [0.1, 0.15) is 53.8 Å². The fourth-order valence-electron chi connectivity index (χ4n) is 5.90. The molecule has 5 rings (SSSR count). The van der Waals surface area contributed by atoms with Crippen molar-refractivity contribution in [2.45, 2.75) is 72.4 Å². The van der Waals surface area contributed by atoms with Crippen LogP contribution < -0.4 is 0 Å². The molecule has 1 aliphatic heterocycles. The summed E-state index contributed by atoms with van der Waals surface area (Å²) in [6.45, 7) is 7.72. The zero-order chi connectivity index (χ0) is 32.2. The molecule has 0 radical (unpaired) electrons. The van der Waals surface area contributed by atoms with Crippen LogP contribution in [0, 0.1) is 0 Å². The molecule has 0 fully saturated rings. The molecule has 1 atom stereocenters. The second kappa shape index (κ2) is 11.1. The van der Waals surface area contributed by atoms with Gasteiger partial charge in [0.05, 0.1) is 10.7 Å². The molecule has 1 aliphatic rings. The van der Waals surface area contributed by atoms with E-state index in [2.05, 4.69) is 0 Å². The third kappa shape index (κ3) is 5.01. The molecule has 1 heterocycles. The van der Waals surface area contributed by atoms with Crippen molar-refractivity contribution in [1.29, 1.82) is 0 Å². The highest BCUT2D eigenvalue weighted by Crippen LogP contribution is 2.67. The van der Waals surface area contributed by atoms with E-state index in [4.69, 9.17) is 4.43 Å². The molecular weight excluding hydrogens is 611 g/mol. The first-order valence-corrected chi connectivity index (χ1v) is 18.1. The maximum Gasteiger partial charge on any atom is 0.429 e. The van der Waals surface area contributed by atoms with Crippen LogP contribution in [0.2, 0.25) is 18.1 Å². The third-order valence-corrected chi connectivity index (χ3v) is 15.0. The Kier molecular flexibility index (Phi) is 8.17. The number of hydrogen-bond donors (Lipinski definition) is 0. The summed E-state index contributed by atoms with van der Waals surface area (Å²) in [6, 6.07) is 31.7. The normalized spacial score (nSPS) is 17.4. The average molecular weight is 645 g/mol. The lowest BCUT2D eigenvalue weighted by molar-refractivity contribution is -0.370. The van der Waals surface area contributed by atoms with Gasteiger partial charge in [-0.15, -0.1) is 11.8 Å². The van der Waals surface area contributed by atoms with Gasteiger partial charge in [0.25, 0.3) is 5.60 Å². The van der Waals surface area contributed by atoms with Crippen LogP contribution in [0.5, 0.6) is 0 Å². The number of rotatable bonds is 6. The molecule has 0 amide bonds. The van der Waals surface area contributed by atoms with Gasteiger partial charge < -0.3 is 4.43 Å². The van der Waals surface area contributed by atoms with Gasteiger partial charge in [0.1, 0.15) is 0 Å². The topological polar surface area (TPSA) is 9.23 Å². The largest absolute Gasteiger partial charge is 0.429 e. The minimum absolute atomic E-state index is 0.0672. The lowest BCUT2D eigenvalue weighted by atomic mass is 9.65. The molecule has 44 heavy (non-hydrogen) atoms. The Hall–Kier alpha value is -3.01. The Balaban J connectivity index is 1.93. The predicted octanol–water partition coefficient (Wildman–Crippen LogP) is 11.2. The molecule has 232 valence electrons. The van der Waals surface area contributed by atoms with Gasteiger partial charge in [-0.1, -0.05) is 130 Å². The summed E-state index contributed by atoms with van der Waals surface area (Å²) in [4.78, 5) is -0.0672.